The molecule has 0 radical (unpaired) electrons. The number of nitrogens with one attached hydrogen (secondary N) is 1. The first-order chi connectivity index (χ1) is 12.6. The quantitative estimate of drug-likeness (QED) is 0.801. The van der Waals surface area contributed by atoms with Crippen molar-refractivity contribution in [3.63, 3.8) is 0 Å². The summed E-state index contributed by atoms with van der Waals surface area (Å²) in [6.07, 6.45) is -0.544. The molecule has 4 nitrogen and oxygen atoms in total. The van der Waals surface area contributed by atoms with Crippen LogP contribution in [0.3, 0.4) is 0 Å². The summed E-state index contributed by atoms with van der Waals surface area (Å²) in [5.41, 5.74) is 3.25. The minimum absolute atomic E-state index is 0.420. The summed E-state index contributed by atoms with van der Waals surface area (Å²) in [7, 11) is 0. The molecule has 1 saturated heterocycles. The van der Waals surface area contributed by atoms with Crippen molar-refractivity contribution in [3.8, 4) is 5.75 Å². The molecule has 2 aromatic rings. The molecule has 1 aliphatic heterocycles. The summed E-state index contributed by atoms with van der Waals surface area (Å²) in [6.45, 7) is 9.41. The highest BCUT2D eigenvalue weighted by molar-refractivity contribution is 5.40. The number of nitrogens with zero attached hydrogens (tertiary/aromatic N) is 1. The normalized spacial score (nSPS) is 16.6. The van der Waals surface area contributed by atoms with Crippen LogP contribution in [0, 0.1) is 0 Å². The third kappa shape index (κ3) is 5.07. The molecular weight excluding hydrogens is 324 g/mol. The molecule has 0 aliphatic carbocycles. The number of hydrogen-bond acceptors (Lipinski definition) is 4. The average molecular weight is 354 g/mol. The van der Waals surface area contributed by atoms with Crippen LogP contribution in [-0.4, -0.2) is 42.7 Å². The van der Waals surface area contributed by atoms with E-state index in [1.54, 1.807) is 0 Å². The van der Waals surface area contributed by atoms with Crippen LogP contribution < -0.4 is 10.1 Å². The zero-order valence-corrected chi connectivity index (χ0v) is 15.8. The van der Waals surface area contributed by atoms with Crippen molar-refractivity contribution >= 4 is 0 Å². The van der Waals surface area contributed by atoms with Gasteiger partial charge in [0.1, 0.15) is 12.4 Å². The fourth-order valence-corrected chi connectivity index (χ4v) is 3.29. The molecule has 2 aromatic carbocycles. The number of β-amino-alcohol motifs (C(OH)–C–C–N with tert-alkyl or cyclic N) is 1. The molecule has 140 valence electrons. The maximum atomic E-state index is 10.9. The van der Waals surface area contributed by atoms with Gasteiger partial charge in [0.2, 0.25) is 0 Å². The average Bonchev–Trinajstić information content (AvgIpc) is 2.67. The van der Waals surface area contributed by atoms with E-state index in [2.05, 4.69) is 48.3 Å². The predicted octanol–water partition coefficient (Wildman–Crippen LogP) is 3.33. The number of aliphatic hydroxyl groups excluding tert-OH is 1. The van der Waals surface area contributed by atoms with E-state index in [0.717, 1.165) is 43.1 Å². The number of hydrogen-bond donors (Lipinski definition) is 2. The lowest BCUT2D eigenvalue weighted by Gasteiger charge is -2.30. The van der Waals surface area contributed by atoms with E-state index < -0.39 is 6.10 Å². The summed E-state index contributed by atoms with van der Waals surface area (Å²) in [5, 5.41) is 14.3. The standard InChI is InChI=1S/C22H30N2O2/c1-17(2)19-8-9-22(26-16-18-6-4-3-5-7-18)20(14-19)21(25)15-24-12-10-23-11-13-24/h3-9,14,17,21,23,25H,10-13,15-16H2,1-2H3. The van der Waals surface area contributed by atoms with E-state index in [-0.39, 0.29) is 0 Å². The second-order valence-corrected chi connectivity index (χ2v) is 7.29. The third-order valence-electron chi connectivity index (χ3n) is 4.94. The van der Waals surface area contributed by atoms with Gasteiger partial charge in [-0.15, -0.1) is 0 Å². The Kier molecular flexibility index (Phi) is 6.67. The Morgan fingerprint density at radius 2 is 1.81 bits per heavy atom. The minimum Gasteiger partial charge on any atom is -0.489 e. The van der Waals surface area contributed by atoms with Gasteiger partial charge in [-0.1, -0.05) is 50.2 Å². The number of rotatable bonds is 7. The van der Waals surface area contributed by atoms with Crippen molar-refractivity contribution in [1.82, 2.24) is 10.2 Å². The molecule has 0 saturated carbocycles. The lowest BCUT2D eigenvalue weighted by atomic mass is 9.97. The largest absolute Gasteiger partial charge is 0.489 e. The molecule has 0 amide bonds. The van der Waals surface area contributed by atoms with Gasteiger partial charge in [-0.3, -0.25) is 4.90 Å². The topological polar surface area (TPSA) is 44.7 Å². The summed E-state index contributed by atoms with van der Waals surface area (Å²) < 4.78 is 6.08. The zero-order valence-electron chi connectivity index (χ0n) is 15.8. The van der Waals surface area contributed by atoms with Gasteiger partial charge in [0.05, 0.1) is 6.10 Å². The lowest BCUT2D eigenvalue weighted by molar-refractivity contribution is 0.102. The van der Waals surface area contributed by atoms with E-state index >= 15 is 0 Å². The third-order valence-corrected chi connectivity index (χ3v) is 4.94. The van der Waals surface area contributed by atoms with Crippen LogP contribution in [0.2, 0.25) is 0 Å². The van der Waals surface area contributed by atoms with E-state index in [9.17, 15) is 5.11 Å². The summed E-state index contributed by atoms with van der Waals surface area (Å²) in [5.74, 6) is 1.20. The van der Waals surface area contributed by atoms with Crippen molar-refractivity contribution in [3.05, 3.63) is 65.2 Å². The van der Waals surface area contributed by atoms with Gasteiger partial charge in [-0.05, 0) is 29.2 Å². The van der Waals surface area contributed by atoms with Gasteiger partial charge >= 0.3 is 0 Å². The molecule has 3 rings (SSSR count). The predicted molar refractivity (Wildman–Crippen MR) is 106 cm³/mol. The molecule has 2 N–H and O–H groups in total. The van der Waals surface area contributed by atoms with Crippen LogP contribution in [0.4, 0.5) is 0 Å². The molecule has 1 atom stereocenters. The highest BCUT2D eigenvalue weighted by atomic mass is 16.5. The molecule has 26 heavy (non-hydrogen) atoms. The van der Waals surface area contributed by atoms with Gasteiger partial charge in [0.15, 0.2) is 0 Å². The lowest BCUT2D eigenvalue weighted by Crippen LogP contribution is -2.45. The van der Waals surface area contributed by atoms with E-state index in [4.69, 9.17) is 4.74 Å². The molecule has 4 heteroatoms. The van der Waals surface area contributed by atoms with Crippen LogP contribution in [0.25, 0.3) is 0 Å². The van der Waals surface area contributed by atoms with Crippen LogP contribution >= 0.6 is 0 Å². The molecular formula is C22H30N2O2. The molecule has 1 aliphatic rings. The highest BCUT2D eigenvalue weighted by Gasteiger charge is 2.20. The molecule has 0 bridgehead atoms. The maximum absolute atomic E-state index is 10.9. The van der Waals surface area contributed by atoms with Gasteiger partial charge in [0, 0.05) is 38.3 Å². The number of piperazine rings is 1. The fourth-order valence-electron chi connectivity index (χ4n) is 3.29. The van der Waals surface area contributed by atoms with Crippen LogP contribution in [0.1, 0.15) is 42.6 Å². The first kappa shape index (κ1) is 18.9. The van der Waals surface area contributed by atoms with Gasteiger partial charge in [0.25, 0.3) is 0 Å². The van der Waals surface area contributed by atoms with Crippen LogP contribution in [0.5, 0.6) is 5.75 Å². The van der Waals surface area contributed by atoms with Crippen molar-refractivity contribution in [2.75, 3.05) is 32.7 Å². The Morgan fingerprint density at radius 1 is 1.08 bits per heavy atom. The van der Waals surface area contributed by atoms with Gasteiger partial charge in [-0.2, -0.15) is 0 Å². The Morgan fingerprint density at radius 3 is 2.50 bits per heavy atom. The minimum atomic E-state index is -0.544. The van der Waals surface area contributed by atoms with Crippen molar-refractivity contribution < 1.29 is 9.84 Å². The molecule has 1 fully saturated rings. The Labute approximate surface area is 156 Å². The zero-order chi connectivity index (χ0) is 18.4. The number of ether oxygens (including phenoxy) is 1. The SMILES string of the molecule is CC(C)c1ccc(OCc2ccccc2)c(C(O)CN2CCNCC2)c1. The Balaban J connectivity index is 1.76. The maximum Gasteiger partial charge on any atom is 0.125 e. The van der Waals surface area contributed by atoms with Crippen molar-refractivity contribution in [2.45, 2.75) is 32.5 Å². The van der Waals surface area contributed by atoms with Gasteiger partial charge in [-0.25, -0.2) is 0 Å². The number of benzene rings is 2. The first-order valence-electron chi connectivity index (χ1n) is 9.55. The van der Waals surface area contributed by atoms with Crippen LogP contribution in [0.15, 0.2) is 48.5 Å². The Hall–Kier alpha value is -1.88. The van der Waals surface area contributed by atoms with E-state index in [1.807, 2.05) is 24.3 Å². The summed E-state index contributed by atoms with van der Waals surface area (Å²) >= 11 is 0. The molecule has 0 aromatic heterocycles. The monoisotopic (exact) mass is 354 g/mol. The highest BCUT2D eigenvalue weighted by Crippen LogP contribution is 2.30. The van der Waals surface area contributed by atoms with Gasteiger partial charge < -0.3 is 15.2 Å². The van der Waals surface area contributed by atoms with Crippen LogP contribution in [-0.2, 0) is 6.61 Å². The first-order valence-corrected chi connectivity index (χ1v) is 9.55. The Bertz CT molecular complexity index is 682. The second-order valence-electron chi connectivity index (χ2n) is 7.29. The second kappa shape index (κ2) is 9.17. The van der Waals surface area contributed by atoms with E-state index in [1.165, 1.54) is 5.56 Å². The van der Waals surface area contributed by atoms with E-state index in [0.29, 0.717) is 19.1 Å². The number of aliphatic hydroxyl groups is 1. The molecule has 1 heterocycles. The molecule has 1 unspecified atom stereocenters. The summed E-state index contributed by atoms with van der Waals surface area (Å²) in [4.78, 5) is 2.31. The smallest absolute Gasteiger partial charge is 0.125 e. The van der Waals surface area contributed by atoms with Crippen molar-refractivity contribution in [1.29, 1.82) is 0 Å². The fraction of sp³-hybridized carbons (Fsp3) is 0.455. The summed E-state index contributed by atoms with van der Waals surface area (Å²) in [6, 6.07) is 16.4. The molecule has 0 spiro atoms. The van der Waals surface area contributed by atoms with Crippen molar-refractivity contribution in [2.24, 2.45) is 0 Å².